The van der Waals surface area contributed by atoms with Crippen molar-refractivity contribution in [2.24, 2.45) is 0 Å². The summed E-state index contributed by atoms with van der Waals surface area (Å²) in [5.74, 6) is -0.443. The Morgan fingerprint density at radius 2 is 1.83 bits per heavy atom. The van der Waals surface area contributed by atoms with Crippen molar-refractivity contribution >= 4 is 52.3 Å². The fourth-order valence-electron chi connectivity index (χ4n) is 2.75. The number of pyridine rings is 1. The number of nitrogens with zero attached hydrogens (tertiary/aromatic N) is 2. The van der Waals surface area contributed by atoms with Crippen LogP contribution in [0.2, 0.25) is 10.3 Å². The summed E-state index contributed by atoms with van der Waals surface area (Å²) in [6.07, 6.45) is -1.46. The lowest BCUT2D eigenvalue weighted by atomic mass is 10.1. The van der Waals surface area contributed by atoms with Gasteiger partial charge in [-0.3, -0.25) is 4.79 Å². The maximum Gasteiger partial charge on any atom is 0.512 e. The average Bonchev–Trinajstić information content (AvgIpc) is 3.05. The highest BCUT2D eigenvalue weighted by molar-refractivity contribution is 7.18. The summed E-state index contributed by atoms with van der Waals surface area (Å²) in [6, 6.07) is 13.8. The molecule has 0 aliphatic heterocycles. The predicted octanol–water partition coefficient (Wildman–Crippen LogP) is 6.23. The molecular formula is C20H16Cl2N2O4S. The summed E-state index contributed by atoms with van der Waals surface area (Å²) in [7, 11) is 0. The van der Waals surface area contributed by atoms with Crippen LogP contribution in [0.15, 0.2) is 48.5 Å². The van der Waals surface area contributed by atoms with Crippen molar-refractivity contribution in [3.63, 3.8) is 0 Å². The van der Waals surface area contributed by atoms with E-state index in [1.807, 2.05) is 30.3 Å². The third kappa shape index (κ3) is 4.70. The molecule has 1 aromatic carbocycles. The van der Waals surface area contributed by atoms with Gasteiger partial charge >= 0.3 is 6.16 Å². The monoisotopic (exact) mass is 450 g/mol. The minimum Gasteiger partial charge on any atom is -0.449 e. The minimum atomic E-state index is -1.46. The number of hydrogen-bond donors (Lipinski definition) is 1. The van der Waals surface area contributed by atoms with Crippen LogP contribution in [0.4, 0.5) is 10.5 Å². The third-order valence-electron chi connectivity index (χ3n) is 3.96. The summed E-state index contributed by atoms with van der Waals surface area (Å²) in [4.78, 5) is 30.6. The molecule has 29 heavy (non-hydrogen) atoms. The Hall–Kier alpha value is -2.61. The Kier molecular flexibility index (Phi) is 6.42. The van der Waals surface area contributed by atoms with E-state index in [0.717, 1.165) is 21.8 Å². The number of rotatable bonds is 5. The molecule has 0 radical (unpaired) electrons. The van der Waals surface area contributed by atoms with E-state index in [2.05, 4.69) is 4.98 Å². The van der Waals surface area contributed by atoms with E-state index >= 15 is 0 Å². The van der Waals surface area contributed by atoms with Crippen molar-refractivity contribution in [2.45, 2.75) is 19.9 Å². The second-order valence-electron chi connectivity index (χ2n) is 6.26. The molecule has 0 fully saturated rings. The molecule has 3 rings (SSSR count). The number of anilines is 1. The molecule has 0 saturated heterocycles. The number of thiophene rings is 1. The molecule has 6 nitrogen and oxygen atoms in total. The number of carbonyl (C=O) groups excluding carboxylic acids is 1. The van der Waals surface area contributed by atoms with Crippen molar-refractivity contribution in [1.82, 2.24) is 4.98 Å². The van der Waals surface area contributed by atoms with Crippen LogP contribution >= 0.6 is 34.5 Å². The molecule has 0 spiro atoms. The lowest BCUT2D eigenvalue weighted by Crippen LogP contribution is -2.37. The molecule has 0 aliphatic carbocycles. The average molecular weight is 451 g/mol. The Morgan fingerprint density at radius 3 is 2.41 bits per heavy atom. The number of ether oxygens (including phenoxy) is 1. The van der Waals surface area contributed by atoms with Gasteiger partial charge in [-0.25, -0.2) is 9.78 Å². The summed E-state index contributed by atoms with van der Waals surface area (Å²) in [5.41, 5.74) is 1.36. The van der Waals surface area contributed by atoms with Crippen molar-refractivity contribution in [3.8, 4) is 15.5 Å². The molecule has 9 heteroatoms. The van der Waals surface area contributed by atoms with Crippen LogP contribution in [0.25, 0.3) is 10.4 Å². The van der Waals surface area contributed by atoms with Gasteiger partial charge in [0.2, 0.25) is 5.06 Å². The molecule has 1 N–H and O–H groups in total. The van der Waals surface area contributed by atoms with Crippen LogP contribution in [0.3, 0.4) is 0 Å². The van der Waals surface area contributed by atoms with E-state index in [0.29, 0.717) is 5.69 Å². The lowest BCUT2D eigenvalue weighted by Gasteiger charge is -2.26. The van der Waals surface area contributed by atoms with E-state index < -0.39 is 12.1 Å². The maximum absolute atomic E-state index is 13.3. The molecule has 0 unspecified atom stereocenters. The first kappa shape index (κ1) is 21.1. The zero-order valence-corrected chi connectivity index (χ0v) is 17.8. The van der Waals surface area contributed by atoms with Crippen LogP contribution in [0.5, 0.6) is 5.06 Å². The Morgan fingerprint density at radius 1 is 1.14 bits per heavy atom. The highest BCUT2D eigenvalue weighted by atomic mass is 35.5. The van der Waals surface area contributed by atoms with E-state index in [1.54, 1.807) is 19.9 Å². The normalized spacial score (nSPS) is 10.8. The van der Waals surface area contributed by atoms with E-state index in [9.17, 15) is 9.59 Å². The van der Waals surface area contributed by atoms with Crippen molar-refractivity contribution < 1.29 is 19.4 Å². The number of halogens is 2. The van der Waals surface area contributed by atoms with Gasteiger partial charge in [0, 0.05) is 10.9 Å². The van der Waals surface area contributed by atoms with Gasteiger partial charge in [-0.15, -0.1) is 0 Å². The molecule has 0 bridgehead atoms. The summed E-state index contributed by atoms with van der Waals surface area (Å²) in [5, 5.41) is 9.38. The van der Waals surface area contributed by atoms with Crippen LogP contribution in [0, 0.1) is 0 Å². The Labute approximate surface area is 181 Å². The standard InChI is InChI=1S/C20H16Cl2N2O4S/c1-11(2)24(18(25)13-8-9-16(21)23-17(13)22)14-10-15(12-6-4-3-5-7-12)29-19(14)28-20(26)27/h3-11H,1-2H3,(H,26,27). The first-order valence-electron chi connectivity index (χ1n) is 8.53. The predicted molar refractivity (Wildman–Crippen MR) is 115 cm³/mol. The number of aromatic nitrogens is 1. The molecule has 2 heterocycles. The molecule has 2 aromatic heterocycles. The zero-order valence-electron chi connectivity index (χ0n) is 15.4. The van der Waals surface area contributed by atoms with Crippen LogP contribution < -0.4 is 9.64 Å². The van der Waals surface area contributed by atoms with E-state index in [-0.39, 0.29) is 27.0 Å². The molecule has 0 aliphatic rings. The van der Waals surface area contributed by atoms with Crippen molar-refractivity contribution in [2.75, 3.05) is 4.90 Å². The summed E-state index contributed by atoms with van der Waals surface area (Å²) in [6.45, 7) is 3.61. The van der Waals surface area contributed by atoms with Gasteiger partial charge in [0.25, 0.3) is 5.91 Å². The van der Waals surface area contributed by atoms with Crippen molar-refractivity contribution in [3.05, 3.63) is 64.4 Å². The number of amides is 1. The molecule has 3 aromatic rings. The first-order valence-corrected chi connectivity index (χ1v) is 10.1. The number of carboxylic acid groups (broad SMARTS) is 1. The number of carbonyl (C=O) groups is 2. The minimum absolute atomic E-state index is 0.0348. The molecule has 150 valence electrons. The summed E-state index contributed by atoms with van der Waals surface area (Å²) < 4.78 is 4.99. The summed E-state index contributed by atoms with van der Waals surface area (Å²) >= 11 is 13.1. The van der Waals surface area contributed by atoms with Gasteiger partial charge in [-0.2, -0.15) is 0 Å². The van der Waals surface area contributed by atoms with E-state index in [4.69, 9.17) is 33.0 Å². The Balaban J connectivity index is 2.11. The topological polar surface area (TPSA) is 79.7 Å². The van der Waals surface area contributed by atoms with Gasteiger partial charge in [-0.05, 0) is 37.6 Å². The molecule has 1 amide bonds. The maximum atomic E-state index is 13.3. The smallest absolute Gasteiger partial charge is 0.449 e. The largest absolute Gasteiger partial charge is 0.512 e. The molecule has 0 saturated carbocycles. The number of hydrogen-bond acceptors (Lipinski definition) is 5. The second-order valence-corrected chi connectivity index (χ2v) is 8.02. The number of benzene rings is 1. The third-order valence-corrected chi connectivity index (χ3v) is 5.51. The van der Waals surface area contributed by atoms with E-state index in [1.165, 1.54) is 17.0 Å². The highest BCUT2D eigenvalue weighted by Gasteiger charge is 2.29. The van der Waals surface area contributed by atoms with Gasteiger partial charge in [-0.1, -0.05) is 64.9 Å². The quantitative estimate of drug-likeness (QED) is 0.368. The van der Waals surface area contributed by atoms with Gasteiger partial charge in [0.05, 0.1) is 11.3 Å². The van der Waals surface area contributed by atoms with Gasteiger partial charge in [0.15, 0.2) is 0 Å². The Bertz CT molecular complexity index is 1050. The van der Waals surface area contributed by atoms with Gasteiger partial charge < -0.3 is 14.7 Å². The second kappa shape index (κ2) is 8.82. The van der Waals surface area contributed by atoms with Gasteiger partial charge in [0.1, 0.15) is 10.3 Å². The lowest BCUT2D eigenvalue weighted by molar-refractivity contribution is 0.0978. The highest BCUT2D eigenvalue weighted by Crippen LogP contribution is 2.44. The SMILES string of the molecule is CC(C)N(C(=O)c1ccc(Cl)nc1Cl)c1cc(-c2ccccc2)sc1OC(=O)O. The van der Waals surface area contributed by atoms with Crippen LogP contribution in [-0.4, -0.2) is 28.2 Å². The fraction of sp³-hybridized carbons (Fsp3) is 0.150. The molecular weight excluding hydrogens is 435 g/mol. The molecule has 0 atom stereocenters. The van der Waals surface area contributed by atoms with Crippen LogP contribution in [0.1, 0.15) is 24.2 Å². The zero-order chi connectivity index (χ0) is 21.1. The first-order chi connectivity index (χ1) is 13.8. The van der Waals surface area contributed by atoms with Crippen LogP contribution in [-0.2, 0) is 0 Å². The van der Waals surface area contributed by atoms with Crippen molar-refractivity contribution in [1.29, 1.82) is 0 Å². The fourth-order valence-corrected chi connectivity index (χ4v) is 4.18.